The van der Waals surface area contributed by atoms with Crippen LogP contribution in [0.2, 0.25) is 0 Å². The van der Waals surface area contributed by atoms with E-state index in [1.54, 1.807) is 36.0 Å². The molecule has 1 heterocycles. The number of nitrogens with one attached hydrogen (secondary N) is 2. The zero-order chi connectivity index (χ0) is 27.2. The number of hydrogen-bond acceptors (Lipinski definition) is 6. The summed E-state index contributed by atoms with van der Waals surface area (Å²) in [5.74, 6) is 0.769. The minimum atomic E-state index is -0.260. The molecule has 0 atom stereocenters. The van der Waals surface area contributed by atoms with Crippen molar-refractivity contribution in [1.29, 1.82) is 0 Å². The second-order valence-corrected chi connectivity index (χ2v) is 9.70. The summed E-state index contributed by atoms with van der Waals surface area (Å²) in [7, 11) is 0. The van der Waals surface area contributed by atoms with Crippen LogP contribution >= 0.6 is 11.8 Å². The molecule has 4 N–H and O–H groups in total. The van der Waals surface area contributed by atoms with Crippen LogP contribution < -0.4 is 25.8 Å². The molecular weight excluding hydrogens is 510 g/mol. The third-order valence-electron chi connectivity index (χ3n) is 6.23. The van der Waals surface area contributed by atoms with Crippen LogP contribution in [-0.4, -0.2) is 24.9 Å². The van der Waals surface area contributed by atoms with Gasteiger partial charge in [-0.3, -0.25) is 9.59 Å². The van der Waals surface area contributed by atoms with E-state index in [-0.39, 0.29) is 18.6 Å². The van der Waals surface area contributed by atoms with Gasteiger partial charge in [-0.15, -0.1) is 11.8 Å². The predicted molar refractivity (Wildman–Crippen MR) is 156 cm³/mol. The van der Waals surface area contributed by atoms with Crippen molar-refractivity contribution < 1.29 is 19.1 Å². The summed E-state index contributed by atoms with van der Waals surface area (Å²) >= 11 is 1.66. The standard InChI is InChI=1S/C31H27N3O4S/c1-39-24-13-8-20(9-14-24)16-25(23-12-15-28-29(17-23)38-19-37-28)31(36)33-18-21-6-10-22(11-7-21)30(35)34-27-5-3-2-4-26(27)32/h2-17H,18-19,32H2,1H3,(H,33,36)(H,34,35). The smallest absolute Gasteiger partial charge is 0.255 e. The molecule has 0 aromatic heterocycles. The van der Waals surface area contributed by atoms with Crippen LogP contribution in [0.3, 0.4) is 0 Å². The highest BCUT2D eigenvalue weighted by molar-refractivity contribution is 7.98. The Bertz CT molecular complexity index is 1530. The van der Waals surface area contributed by atoms with Crippen LogP contribution in [0.1, 0.15) is 27.0 Å². The van der Waals surface area contributed by atoms with Crippen molar-refractivity contribution in [2.45, 2.75) is 11.4 Å². The summed E-state index contributed by atoms with van der Waals surface area (Å²) in [5.41, 5.74) is 10.4. The van der Waals surface area contributed by atoms with Crippen LogP contribution in [0.25, 0.3) is 11.6 Å². The van der Waals surface area contributed by atoms with Gasteiger partial charge < -0.3 is 25.8 Å². The Hall–Kier alpha value is -4.69. The van der Waals surface area contributed by atoms with Crippen LogP contribution in [0, 0.1) is 0 Å². The Morgan fingerprint density at radius 1 is 0.897 bits per heavy atom. The van der Waals surface area contributed by atoms with Crippen molar-refractivity contribution >= 4 is 46.6 Å². The molecule has 8 heteroatoms. The van der Waals surface area contributed by atoms with Gasteiger partial charge in [0, 0.05) is 22.6 Å². The number of carbonyl (C=O) groups is 2. The van der Waals surface area contributed by atoms with Crippen LogP contribution in [0.15, 0.2) is 95.9 Å². The van der Waals surface area contributed by atoms with Gasteiger partial charge in [0.25, 0.3) is 11.8 Å². The lowest BCUT2D eigenvalue weighted by atomic mass is 10.0. The number of rotatable bonds is 8. The highest BCUT2D eigenvalue weighted by atomic mass is 32.2. The molecule has 0 unspecified atom stereocenters. The molecule has 39 heavy (non-hydrogen) atoms. The molecular formula is C31H27N3O4S. The minimum Gasteiger partial charge on any atom is -0.454 e. The summed E-state index contributed by atoms with van der Waals surface area (Å²) in [6.07, 6.45) is 3.88. The second-order valence-electron chi connectivity index (χ2n) is 8.82. The number of amides is 2. The number of ether oxygens (including phenoxy) is 2. The highest BCUT2D eigenvalue weighted by Gasteiger charge is 2.18. The Balaban J connectivity index is 1.30. The van der Waals surface area contributed by atoms with E-state index in [0.29, 0.717) is 40.6 Å². The van der Waals surface area contributed by atoms with E-state index in [9.17, 15) is 9.59 Å². The van der Waals surface area contributed by atoms with Crippen LogP contribution in [0.4, 0.5) is 11.4 Å². The molecule has 0 spiro atoms. The summed E-state index contributed by atoms with van der Waals surface area (Å²) in [6.45, 7) is 0.451. The van der Waals surface area contributed by atoms with Crippen molar-refractivity contribution in [3.63, 3.8) is 0 Å². The van der Waals surface area contributed by atoms with Gasteiger partial charge >= 0.3 is 0 Å². The molecule has 0 bridgehead atoms. The maximum Gasteiger partial charge on any atom is 0.255 e. The fourth-order valence-electron chi connectivity index (χ4n) is 4.07. The maximum absolute atomic E-state index is 13.4. The third-order valence-corrected chi connectivity index (χ3v) is 6.98. The zero-order valence-corrected chi connectivity index (χ0v) is 22.1. The Morgan fingerprint density at radius 2 is 1.62 bits per heavy atom. The van der Waals surface area contributed by atoms with E-state index in [2.05, 4.69) is 10.6 Å². The molecule has 0 fully saturated rings. The topological polar surface area (TPSA) is 103 Å². The van der Waals surface area contributed by atoms with E-state index in [0.717, 1.165) is 21.6 Å². The summed E-state index contributed by atoms with van der Waals surface area (Å²) in [5, 5.41) is 5.82. The molecule has 2 amide bonds. The Morgan fingerprint density at radius 3 is 2.36 bits per heavy atom. The molecule has 1 aliphatic rings. The van der Waals surface area contributed by atoms with Gasteiger partial charge in [0.05, 0.1) is 11.4 Å². The van der Waals surface area contributed by atoms with Crippen molar-refractivity contribution in [2.24, 2.45) is 0 Å². The first-order valence-corrected chi connectivity index (χ1v) is 13.5. The van der Waals surface area contributed by atoms with Crippen molar-refractivity contribution in [3.05, 3.63) is 113 Å². The maximum atomic E-state index is 13.4. The molecule has 0 radical (unpaired) electrons. The highest BCUT2D eigenvalue weighted by Crippen LogP contribution is 2.35. The number of nitrogen functional groups attached to an aromatic ring is 1. The lowest BCUT2D eigenvalue weighted by molar-refractivity contribution is -0.115. The largest absolute Gasteiger partial charge is 0.454 e. The molecule has 7 nitrogen and oxygen atoms in total. The predicted octanol–water partition coefficient (Wildman–Crippen LogP) is 5.83. The first-order valence-electron chi connectivity index (χ1n) is 12.3. The molecule has 196 valence electrons. The summed E-state index contributed by atoms with van der Waals surface area (Å²) < 4.78 is 11.0. The molecule has 4 aromatic rings. The van der Waals surface area contributed by atoms with E-state index in [1.165, 1.54) is 0 Å². The zero-order valence-electron chi connectivity index (χ0n) is 21.3. The first-order chi connectivity index (χ1) is 19.0. The van der Waals surface area contributed by atoms with Crippen molar-refractivity contribution in [1.82, 2.24) is 5.32 Å². The second kappa shape index (κ2) is 11.8. The van der Waals surface area contributed by atoms with Gasteiger partial charge in [0.15, 0.2) is 11.5 Å². The average molecular weight is 538 g/mol. The number of para-hydroxylation sites is 2. The van der Waals surface area contributed by atoms with Gasteiger partial charge in [-0.1, -0.05) is 42.5 Å². The summed E-state index contributed by atoms with van der Waals surface area (Å²) in [4.78, 5) is 27.2. The van der Waals surface area contributed by atoms with E-state index in [4.69, 9.17) is 15.2 Å². The molecule has 1 aliphatic heterocycles. The fraction of sp³-hybridized carbons (Fsp3) is 0.0968. The van der Waals surface area contributed by atoms with Crippen LogP contribution in [-0.2, 0) is 11.3 Å². The van der Waals surface area contributed by atoms with Gasteiger partial charge in [-0.05, 0) is 77.6 Å². The molecule has 0 saturated heterocycles. The number of thioether (sulfide) groups is 1. The Kier molecular flexibility index (Phi) is 7.84. The number of fused-ring (bicyclic) bond motifs is 1. The minimum absolute atomic E-state index is 0.160. The van der Waals surface area contributed by atoms with E-state index >= 15 is 0 Å². The van der Waals surface area contributed by atoms with E-state index < -0.39 is 0 Å². The number of nitrogens with two attached hydrogens (primary N) is 1. The number of benzene rings is 4. The van der Waals surface area contributed by atoms with E-state index in [1.807, 2.05) is 79.1 Å². The SMILES string of the molecule is CSc1ccc(C=C(C(=O)NCc2ccc(C(=O)Nc3ccccc3N)cc2)c2ccc3c(c2)OCO3)cc1. The van der Waals surface area contributed by atoms with Crippen molar-refractivity contribution in [2.75, 3.05) is 24.1 Å². The first kappa shape index (κ1) is 25.9. The number of hydrogen-bond donors (Lipinski definition) is 3. The molecule has 0 aliphatic carbocycles. The average Bonchev–Trinajstić information content (AvgIpc) is 3.44. The molecule has 4 aromatic carbocycles. The van der Waals surface area contributed by atoms with Gasteiger partial charge in [-0.2, -0.15) is 0 Å². The third kappa shape index (κ3) is 6.25. The molecule has 0 saturated carbocycles. The lowest BCUT2D eigenvalue weighted by Crippen LogP contribution is -2.24. The van der Waals surface area contributed by atoms with Crippen molar-refractivity contribution in [3.8, 4) is 11.5 Å². The van der Waals surface area contributed by atoms with Gasteiger partial charge in [-0.25, -0.2) is 0 Å². The quantitative estimate of drug-likeness (QED) is 0.113. The molecule has 5 rings (SSSR count). The van der Waals surface area contributed by atoms with Gasteiger partial charge in [0.2, 0.25) is 6.79 Å². The lowest BCUT2D eigenvalue weighted by Gasteiger charge is -2.12. The fourth-order valence-corrected chi connectivity index (χ4v) is 4.48. The van der Waals surface area contributed by atoms with Crippen LogP contribution in [0.5, 0.6) is 11.5 Å². The van der Waals surface area contributed by atoms with Gasteiger partial charge in [0.1, 0.15) is 0 Å². The summed E-state index contributed by atoms with van der Waals surface area (Å²) in [6, 6.07) is 27.7. The Labute approximate surface area is 231 Å². The number of carbonyl (C=O) groups excluding carboxylic acids is 2. The normalized spacial score (nSPS) is 12.2. The number of anilines is 2. The monoisotopic (exact) mass is 537 g/mol.